The molecule has 0 saturated carbocycles. The summed E-state index contributed by atoms with van der Waals surface area (Å²) in [6.45, 7) is 3.79. The molecule has 0 bridgehead atoms. The normalized spacial score (nSPS) is 13.7. The second-order valence-corrected chi connectivity index (χ2v) is 5.99. The van der Waals surface area contributed by atoms with Gasteiger partial charge in [-0.1, -0.05) is 17.7 Å². The van der Waals surface area contributed by atoms with Crippen molar-refractivity contribution >= 4 is 35.1 Å². The zero-order valence-electron chi connectivity index (χ0n) is 11.3. The molecule has 106 valence electrons. The van der Waals surface area contributed by atoms with Crippen molar-refractivity contribution in [1.82, 2.24) is 5.32 Å². The van der Waals surface area contributed by atoms with Gasteiger partial charge in [0.05, 0.1) is 16.3 Å². The van der Waals surface area contributed by atoms with Gasteiger partial charge in [0.1, 0.15) is 0 Å². The Kier molecular flexibility index (Phi) is 5.97. The summed E-state index contributed by atoms with van der Waals surface area (Å²) in [5, 5.41) is 15.7. The summed E-state index contributed by atoms with van der Waals surface area (Å²) in [5.74, 6) is 0.554. The number of halogens is 1. The highest BCUT2D eigenvalue weighted by molar-refractivity contribution is 7.98. The van der Waals surface area contributed by atoms with E-state index in [-0.39, 0.29) is 12.6 Å². The maximum absolute atomic E-state index is 11.7. The first-order valence-electron chi connectivity index (χ1n) is 5.86. The van der Waals surface area contributed by atoms with Crippen LogP contribution < -0.4 is 10.6 Å². The third-order valence-electron chi connectivity index (χ3n) is 2.46. The van der Waals surface area contributed by atoms with Gasteiger partial charge < -0.3 is 15.7 Å². The average Bonchev–Trinajstić information content (AvgIpc) is 2.31. The molecule has 0 aromatic heterocycles. The molecule has 19 heavy (non-hydrogen) atoms. The number of nitrogens with one attached hydrogen (secondary N) is 2. The van der Waals surface area contributed by atoms with Crippen LogP contribution in [-0.2, 0) is 0 Å². The Hall–Kier alpha value is -0.910. The first-order valence-corrected chi connectivity index (χ1v) is 7.63. The molecule has 0 heterocycles. The van der Waals surface area contributed by atoms with Gasteiger partial charge in [0, 0.05) is 12.3 Å². The predicted molar refractivity (Wildman–Crippen MR) is 82.2 cm³/mol. The summed E-state index contributed by atoms with van der Waals surface area (Å²) in [6, 6.07) is 5.02. The Bertz CT molecular complexity index is 452. The van der Waals surface area contributed by atoms with Crippen LogP contribution in [0.4, 0.5) is 10.5 Å². The van der Waals surface area contributed by atoms with Gasteiger partial charge in [-0.3, -0.25) is 0 Å². The van der Waals surface area contributed by atoms with E-state index in [1.807, 2.05) is 19.2 Å². The average molecular weight is 303 g/mol. The number of aryl methyl sites for hydroxylation is 1. The van der Waals surface area contributed by atoms with Crippen LogP contribution in [0.2, 0.25) is 5.02 Å². The Balaban J connectivity index is 2.54. The fourth-order valence-electron chi connectivity index (χ4n) is 1.53. The van der Waals surface area contributed by atoms with Crippen LogP contribution >= 0.6 is 23.4 Å². The van der Waals surface area contributed by atoms with E-state index in [1.165, 1.54) is 11.8 Å². The molecular weight excluding hydrogens is 284 g/mol. The van der Waals surface area contributed by atoms with Crippen molar-refractivity contribution in [2.75, 3.05) is 23.9 Å². The number of rotatable bonds is 5. The number of hydrogen-bond acceptors (Lipinski definition) is 3. The molecular formula is C13H19ClN2O2S. The molecule has 0 fully saturated rings. The van der Waals surface area contributed by atoms with Crippen LogP contribution in [0.5, 0.6) is 0 Å². The molecule has 1 aromatic carbocycles. The van der Waals surface area contributed by atoms with E-state index < -0.39 is 5.60 Å². The first kappa shape index (κ1) is 16.1. The number of benzene rings is 1. The smallest absolute Gasteiger partial charge is 0.319 e. The summed E-state index contributed by atoms with van der Waals surface area (Å²) in [4.78, 5) is 11.7. The van der Waals surface area contributed by atoms with Crippen LogP contribution in [-0.4, -0.2) is 35.3 Å². The minimum absolute atomic E-state index is 0.184. The fourth-order valence-corrected chi connectivity index (χ4v) is 2.42. The molecule has 3 N–H and O–H groups in total. The lowest BCUT2D eigenvalue weighted by Crippen LogP contribution is -2.43. The molecule has 0 aliphatic rings. The number of anilines is 1. The number of carbonyl (C=O) groups excluding carboxylic acids is 1. The Morgan fingerprint density at radius 2 is 2.21 bits per heavy atom. The molecule has 4 nitrogen and oxygen atoms in total. The van der Waals surface area contributed by atoms with E-state index in [4.69, 9.17) is 11.6 Å². The minimum Gasteiger partial charge on any atom is -0.387 e. The molecule has 6 heteroatoms. The van der Waals surface area contributed by atoms with Crippen LogP contribution in [0.3, 0.4) is 0 Å². The third-order valence-corrected chi connectivity index (χ3v) is 3.70. The molecule has 1 atom stereocenters. The maximum Gasteiger partial charge on any atom is 0.319 e. The summed E-state index contributed by atoms with van der Waals surface area (Å²) in [7, 11) is 0. The van der Waals surface area contributed by atoms with Crippen LogP contribution in [0.25, 0.3) is 0 Å². The second kappa shape index (κ2) is 7.03. The van der Waals surface area contributed by atoms with Crippen molar-refractivity contribution in [2.45, 2.75) is 19.4 Å². The number of aliphatic hydroxyl groups is 1. The number of amides is 2. The Morgan fingerprint density at radius 3 is 2.84 bits per heavy atom. The fraction of sp³-hybridized carbons (Fsp3) is 0.462. The van der Waals surface area contributed by atoms with Crippen LogP contribution in [0, 0.1) is 6.92 Å². The largest absolute Gasteiger partial charge is 0.387 e. The van der Waals surface area contributed by atoms with Crippen molar-refractivity contribution in [1.29, 1.82) is 0 Å². The summed E-state index contributed by atoms with van der Waals surface area (Å²) in [5.41, 5.74) is 0.644. The van der Waals surface area contributed by atoms with Crippen molar-refractivity contribution in [3.63, 3.8) is 0 Å². The van der Waals surface area contributed by atoms with E-state index in [0.717, 1.165) is 5.56 Å². The molecule has 0 spiro atoms. The molecule has 1 unspecified atom stereocenters. The zero-order chi connectivity index (χ0) is 14.5. The van der Waals surface area contributed by atoms with Crippen molar-refractivity contribution in [2.24, 2.45) is 0 Å². The zero-order valence-corrected chi connectivity index (χ0v) is 12.9. The monoisotopic (exact) mass is 302 g/mol. The van der Waals surface area contributed by atoms with Crippen LogP contribution in [0.1, 0.15) is 12.5 Å². The molecule has 2 amide bonds. The first-order chi connectivity index (χ1) is 8.84. The molecule has 0 aliphatic heterocycles. The van der Waals surface area contributed by atoms with Crippen molar-refractivity contribution in [3.8, 4) is 0 Å². The topological polar surface area (TPSA) is 61.4 Å². The van der Waals surface area contributed by atoms with Gasteiger partial charge in [-0.2, -0.15) is 11.8 Å². The van der Waals surface area contributed by atoms with E-state index in [2.05, 4.69) is 10.6 Å². The van der Waals surface area contributed by atoms with Gasteiger partial charge in [-0.15, -0.1) is 0 Å². The Morgan fingerprint density at radius 1 is 1.53 bits per heavy atom. The third kappa shape index (κ3) is 5.72. The van der Waals surface area contributed by atoms with Crippen LogP contribution in [0.15, 0.2) is 18.2 Å². The van der Waals surface area contributed by atoms with Gasteiger partial charge >= 0.3 is 6.03 Å². The van der Waals surface area contributed by atoms with Gasteiger partial charge in [0.25, 0.3) is 0 Å². The summed E-state index contributed by atoms with van der Waals surface area (Å²) < 4.78 is 0. The van der Waals surface area contributed by atoms with Crippen molar-refractivity contribution in [3.05, 3.63) is 28.8 Å². The van der Waals surface area contributed by atoms with E-state index in [0.29, 0.717) is 16.5 Å². The predicted octanol–water partition coefficient (Wildman–Crippen LogP) is 2.88. The summed E-state index contributed by atoms with van der Waals surface area (Å²) >= 11 is 7.51. The molecule has 0 aliphatic carbocycles. The number of urea groups is 1. The van der Waals surface area contributed by atoms with Gasteiger partial charge in [0.2, 0.25) is 0 Å². The second-order valence-electron chi connectivity index (χ2n) is 4.72. The lowest BCUT2D eigenvalue weighted by Gasteiger charge is -2.22. The van der Waals surface area contributed by atoms with E-state index in [1.54, 1.807) is 19.1 Å². The molecule has 1 rings (SSSR count). The Labute approximate surface area is 122 Å². The van der Waals surface area contributed by atoms with E-state index >= 15 is 0 Å². The van der Waals surface area contributed by atoms with Gasteiger partial charge in [-0.25, -0.2) is 4.79 Å². The molecule has 0 saturated heterocycles. The summed E-state index contributed by atoms with van der Waals surface area (Å²) in [6.07, 6.45) is 1.90. The lowest BCUT2D eigenvalue weighted by molar-refractivity contribution is 0.0876. The molecule has 0 radical (unpaired) electrons. The minimum atomic E-state index is -0.923. The number of thioether (sulfide) groups is 1. The van der Waals surface area contributed by atoms with Gasteiger partial charge in [0.15, 0.2) is 0 Å². The maximum atomic E-state index is 11.7. The van der Waals surface area contributed by atoms with Crippen molar-refractivity contribution < 1.29 is 9.90 Å². The highest BCUT2D eigenvalue weighted by Crippen LogP contribution is 2.22. The lowest BCUT2D eigenvalue weighted by atomic mass is 10.1. The number of hydrogen-bond donors (Lipinski definition) is 3. The number of carbonyl (C=O) groups is 1. The van der Waals surface area contributed by atoms with E-state index in [9.17, 15) is 9.90 Å². The highest BCUT2D eigenvalue weighted by Gasteiger charge is 2.20. The van der Waals surface area contributed by atoms with Gasteiger partial charge in [-0.05, 0) is 37.8 Å². The highest BCUT2D eigenvalue weighted by atomic mass is 35.5. The standard InChI is InChI=1S/C13H19ClN2O2S/c1-9-4-5-10(14)11(6-9)16-12(17)15-7-13(2,18)8-19-3/h4-6,18H,7-8H2,1-3H3,(H2,15,16,17). The quantitative estimate of drug-likeness (QED) is 0.784. The molecule has 1 aromatic rings. The SMILES string of the molecule is CSCC(C)(O)CNC(=O)Nc1cc(C)ccc1Cl.